The highest BCUT2D eigenvalue weighted by Crippen LogP contribution is 2.44. The number of rotatable bonds is 6. The van der Waals surface area contributed by atoms with E-state index in [1.54, 1.807) is 31.2 Å². The summed E-state index contributed by atoms with van der Waals surface area (Å²) in [6, 6.07) is 10.2. The number of esters is 1. The number of amidine groups is 1. The van der Waals surface area contributed by atoms with Crippen LogP contribution in [0.4, 0.5) is 0 Å². The fraction of sp³-hybridized carbons (Fsp3) is 0.217. The number of hydrogen-bond donors (Lipinski definition) is 0. The Morgan fingerprint density at radius 3 is 2.72 bits per heavy atom. The maximum absolute atomic E-state index is 12.9. The summed E-state index contributed by atoms with van der Waals surface area (Å²) in [6.45, 7) is 4.11. The van der Waals surface area contributed by atoms with Crippen LogP contribution in [0.2, 0.25) is 15.1 Å². The van der Waals surface area contributed by atoms with E-state index in [4.69, 9.17) is 44.3 Å². The van der Waals surface area contributed by atoms with Gasteiger partial charge in [-0.25, -0.2) is 9.79 Å². The van der Waals surface area contributed by atoms with E-state index in [9.17, 15) is 4.79 Å². The van der Waals surface area contributed by atoms with Crippen LogP contribution in [-0.2, 0) is 16.1 Å². The predicted molar refractivity (Wildman–Crippen MR) is 130 cm³/mol. The molecule has 0 spiro atoms. The molecule has 2 aromatic carbocycles. The molecule has 2 aliphatic heterocycles. The molecule has 0 saturated heterocycles. The molecule has 0 N–H and O–H groups in total. The molecule has 0 unspecified atom stereocenters. The van der Waals surface area contributed by atoms with Crippen molar-refractivity contribution in [1.82, 2.24) is 4.90 Å². The summed E-state index contributed by atoms with van der Waals surface area (Å²) in [5.41, 5.74) is 2.65. The standard InChI is InChI=1S/C23H19Cl3N2O3S/c1-3-30-22(29)20-13(2)27-23-28(8-9-32-23)21(20)16-11-15(24)5-7-19(16)31-12-14-4-6-17(25)18(26)10-14/h4-11,21H,3,12H2,1-2H3/t21-/m1/s1. The van der Waals surface area contributed by atoms with Crippen LogP contribution in [0.3, 0.4) is 0 Å². The molecule has 2 aliphatic rings. The van der Waals surface area contributed by atoms with Crippen molar-refractivity contribution in [3.8, 4) is 5.75 Å². The SMILES string of the molecule is CCOC(=O)C1=C(C)N=C2SC=CN2[C@@H]1c1cc(Cl)ccc1OCc1ccc(Cl)c(Cl)c1. The van der Waals surface area contributed by atoms with Gasteiger partial charge in [-0.05, 0) is 55.2 Å². The second-order valence-corrected chi connectivity index (χ2v) is 9.17. The van der Waals surface area contributed by atoms with Gasteiger partial charge in [0.1, 0.15) is 12.4 Å². The summed E-state index contributed by atoms with van der Waals surface area (Å²) in [4.78, 5) is 19.4. The first-order valence-electron chi connectivity index (χ1n) is 9.83. The van der Waals surface area contributed by atoms with Crippen LogP contribution in [0.1, 0.15) is 31.0 Å². The van der Waals surface area contributed by atoms with Gasteiger partial charge < -0.3 is 14.4 Å². The van der Waals surface area contributed by atoms with Crippen LogP contribution >= 0.6 is 46.6 Å². The zero-order valence-electron chi connectivity index (χ0n) is 17.3. The van der Waals surface area contributed by atoms with Gasteiger partial charge in [-0.2, -0.15) is 0 Å². The lowest BCUT2D eigenvalue weighted by Crippen LogP contribution is -2.34. The van der Waals surface area contributed by atoms with Crippen LogP contribution in [0, 0.1) is 0 Å². The molecule has 0 bridgehead atoms. The Bertz CT molecular complexity index is 1160. The van der Waals surface area contributed by atoms with Crippen molar-refractivity contribution in [2.75, 3.05) is 6.61 Å². The number of aliphatic imine (C=N–C) groups is 1. The van der Waals surface area contributed by atoms with Crippen LogP contribution in [0.5, 0.6) is 5.75 Å². The first-order chi connectivity index (χ1) is 15.4. The second kappa shape index (κ2) is 9.79. The lowest BCUT2D eigenvalue weighted by molar-refractivity contribution is -0.139. The third kappa shape index (κ3) is 4.64. The van der Waals surface area contributed by atoms with Crippen LogP contribution < -0.4 is 4.74 Å². The van der Waals surface area contributed by atoms with Gasteiger partial charge in [0.15, 0.2) is 5.17 Å². The van der Waals surface area contributed by atoms with Gasteiger partial charge in [0.25, 0.3) is 0 Å². The first-order valence-corrected chi connectivity index (χ1v) is 11.8. The minimum Gasteiger partial charge on any atom is -0.489 e. The molecule has 4 rings (SSSR count). The number of thioether (sulfide) groups is 1. The molecule has 2 heterocycles. The smallest absolute Gasteiger partial charge is 0.338 e. The summed E-state index contributed by atoms with van der Waals surface area (Å²) < 4.78 is 11.5. The molecule has 32 heavy (non-hydrogen) atoms. The Kier molecular flexibility index (Phi) is 7.05. The zero-order chi connectivity index (χ0) is 22.8. The van der Waals surface area contributed by atoms with Crippen molar-refractivity contribution in [3.05, 3.63) is 85.5 Å². The number of benzene rings is 2. The monoisotopic (exact) mass is 508 g/mol. The Labute approximate surface area is 205 Å². The van der Waals surface area contributed by atoms with E-state index < -0.39 is 12.0 Å². The Hall–Kier alpha value is -2.12. The number of nitrogens with zero attached hydrogens (tertiary/aromatic N) is 2. The van der Waals surface area contributed by atoms with Crippen LogP contribution in [0.15, 0.2) is 64.3 Å². The molecule has 0 radical (unpaired) electrons. The predicted octanol–water partition coefficient (Wildman–Crippen LogP) is 6.99. The highest BCUT2D eigenvalue weighted by Gasteiger charge is 2.39. The molecule has 0 fully saturated rings. The third-order valence-corrected chi connectivity index (χ3v) is 6.71. The molecule has 0 aliphatic carbocycles. The van der Waals surface area contributed by atoms with Crippen molar-refractivity contribution >= 4 is 57.7 Å². The Morgan fingerprint density at radius 1 is 1.16 bits per heavy atom. The summed E-state index contributed by atoms with van der Waals surface area (Å²) >= 11 is 20.0. The number of halogens is 3. The molecule has 2 aromatic rings. The Balaban J connectivity index is 1.74. The molecule has 0 aromatic heterocycles. The van der Waals surface area contributed by atoms with Gasteiger partial charge in [0.2, 0.25) is 0 Å². The molecule has 166 valence electrons. The van der Waals surface area contributed by atoms with Crippen molar-refractivity contribution in [3.63, 3.8) is 0 Å². The number of hydrogen-bond acceptors (Lipinski definition) is 6. The maximum Gasteiger partial charge on any atom is 0.338 e. The number of ether oxygens (including phenoxy) is 2. The minimum atomic E-state index is -0.490. The number of carbonyl (C=O) groups excluding carboxylic acids is 1. The number of allylic oxidation sites excluding steroid dienone is 1. The van der Waals surface area contributed by atoms with Gasteiger partial charge in [0.05, 0.1) is 34.0 Å². The second-order valence-electron chi connectivity index (χ2n) is 7.05. The van der Waals surface area contributed by atoms with Gasteiger partial charge >= 0.3 is 5.97 Å². The topological polar surface area (TPSA) is 51.1 Å². The molecule has 1 atom stereocenters. The van der Waals surface area contributed by atoms with E-state index in [0.29, 0.717) is 32.1 Å². The molecule has 9 heteroatoms. The van der Waals surface area contributed by atoms with E-state index in [1.165, 1.54) is 11.8 Å². The van der Waals surface area contributed by atoms with E-state index in [2.05, 4.69) is 4.99 Å². The molecule has 5 nitrogen and oxygen atoms in total. The molecule has 0 saturated carbocycles. The lowest BCUT2D eigenvalue weighted by Gasteiger charge is -2.34. The average Bonchev–Trinajstić information content (AvgIpc) is 3.22. The first kappa shape index (κ1) is 23.1. The average molecular weight is 510 g/mol. The summed E-state index contributed by atoms with van der Waals surface area (Å²) in [7, 11) is 0. The summed E-state index contributed by atoms with van der Waals surface area (Å²) in [5.74, 6) is 0.171. The van der Waals surface area contributed by atoms with Crippen molar-refractivity contribution in [1.29, 1.82) is 0 Å². The van der Waals surface area contributed by atoms with E-state index in [-0.39, 0.29) is 13.2 Å². The molecular weight excluding hydrogens is 491 g/mol. The zero-order valence-corrected chi connectivity index (χ0v) is 20.4. The molecular formula is C23H19Cl3N2O3S. The molecule has 0 amide bonds. The van der Waals surface area contributed by atoms with Crippen molar-refractivity contribution < 1.29 is 14.3 Å². The fourth-order valence-electron chi connectivity index (χ4n) is 3.53. The van der Waals surface area contributed by atoms with Gasteiger partial charge in [-0.3, -0.25) is 0 Å². The van der Waals surface area contributed by atoms with Crippen molar-refractivity contribution in [2.24, 2.45) is 4.99 Å². The van der Waals surface area contributed by atoms with Gasteiger partial charge in [-0.15, -0.1) is 0 Å². The normalized spacial score (nSPS) is 17.3. The highest BCUT2D eigenvalue weighted by molar-refractivity contribution is 8.16. The van der Waals surface area contributed by atoms with Crippen molar-refractivity contribution in [2.45, 2.75) is 26.5 Å². The van der Waals surface area contributed by atoms with Gasteiger partial charge in [-0.1, -0.05) is 52.6 Å². The highest BCUT2D eigenvalue weighted by atomic mass is 35.5. The van der Waals surface area contributed by atoms with Crippen LogP contribution in [0.25, 0.3) is 0 Å². The fourth-order valence-corrected chi connectivity index (χ4v) is 4.82. The van der Waals surface area contributed by atoms with E-state index >= 15 is 0 Å². The Morgan fingerprint density at radius 2 is 1.97 bits per heavy atom. The maximum atomic E-state index is 12.9. The van der Waals surface area contributed by atoms with E-state index in [0.717, 1.165) is 16.3 Å². The third-order valence-electron chi connectivity index (χ3n) is 4.96. The van der Waals surface area contributed by atoms with Gasteiger partial charge in [0, 0.05) is 16.8 Å². The minimum absolute atomic E-state index is 0.264. The summed E-state index contributed by atoms with van der Waals surface area (Å²) in [5, 5.41) is 4.17. The number of carbonyl (C=O) groups is 1. The van der Waals surface area contributed by atoms with E-state index in [1.807, 2.05) is 35.6 Å². The van der Waals surface area contributed by atoms with Crippen LogP contribution in [-0.4, -0.2) is 22.6 Å². The lowest BCUT2D eigenvalue weighted by atomic mass is 9.94. The largest absolute Gasteiger partial charge is 0.489 e. The summed E-state index contributed by atoms with van der Waals surface area (Å²) in [6.07, 6.45) is 1.89. The number of fused-ring (bicyclic) bond motifs is 1. The quantitative estimate of drug-likeness (QED) is 0.393.